The van der Waals surface area contributed by atoms with Crippen LogP contribution in [-0.2, 0) is 0 Å². The molecule has 0 aromatic carbocycles. The summed E-state index contributed by atoms with van der Waals surface area (Å²) >= 11 is 1.76. The molecule has 0 amide bonds. The molecule has 0 saturated heterocycles. The van der Waals surface area contributed by atoms with Gasteiger partial charge in [0.25, 0.3) is 0 Å². The molecule has 0 aliphatic carbocycles. The zero-order chi connectivity index (χ0) is 10.1. The number of hydrogen-bond acceptors (Lipinski definition) is 2. The lowest BCUT2D eigenvalue weighted by molar-refractivity contribution is 1.18. The Morgan fingerprint density at radius 3 is 1.42 bits per heavy atom. The Kier molecular flexibility index (Phi) is 10.3. The van der Waals surface area contributed by atoms with E-state index in [9.17, 15) is 0 Å². The van der Waals surface area contributed by atoms with Gasteiger partial charge in [0.15, 0.2) is 0 Å². The van der Waals surface area contributed by atoms with Crippen molar-refractivity contribution in [2.75, 3.05) is 0 Å². The van der Waals surface area contributed by atoms with Crippen molar-refractivity contribution in [3.8, 4) is 0 Å². The predicted molar refractivity (Wildman–Crippen MR) is 59.0 cm³/mol. The Bertz CT molecular complexity index is 172. The second-order valence-electron chi connectivity index (χ2n) is 1.87. The molecule has 0 aliphatic rings. The maximum Gasteiger partial charge on any atom is 0.0899 e. The van der Waals surface area contributed by atoms with Gasteiger partial charge in [-0.05, 0) is 20.8 Å². The SMILES string of the molecule is CC.CC.Cc1nc(C)c(C)s1. The van der Waals surface area contributed by atoms with Crippen molar-refractivity contribution >= 4 is 11.3 Å². The average Bonchev–Trinajstić information content (AvgIpc) is 2.37. The highest BCUT2D eigenvalue weighted by Gasteiger charge is 1.95. The maximum atomic E-state index is 4.23. The van der Waals surface area contributed by atoms with Crippen molar-refractivity contribution in [3.05, 3.63) is 15.6 Å². The average molecular weight is 187 g/mol. The first-order valence-corrected chi connectivity index (χ1v) is 5.42. The fourth-order valence-electron chi connectivity index (χ4n) is 0.633. The van der Waals surface area contributed by atoms with Gasteiger partial charge in [-0.25, -0.2) is 4.98 Å². The van der Waals surface area contributed by atoms with E-state index in [1.54, 1.807) is 11.3 Å². The van der Waals surface area contributed by atoms with E-state index >= 15 is 0 Å². The van der Waals surface area contributed by atoms with Crippen LogP contribution in [0, 0.1) is 20.8 Å². The molecule has 0 N–H and O–H groups in total. The molecule has 0 unspecified atom stereocenters. The molecule has 2 heteroatoms. The summed E-state index contributed by atoms with van der Waals surface area (Å²) in [7, 11) is 0. The lowest BCUT2D eigenvalue weighted by Crippen LogP contribution is -1.71. The summed E-state index contributed by atoms with van der Waals surface area (Å²) in [5.74, 6) is 0. The maximum absolute atomic E-state index is 4.23. The Morgan fingerprint density at radius 1 is 0.917 bits per heavy atom. The number of aryl methyl sites for hydroxylation is 3. The van der Waals surface area contributed by atoms with Crippen LogP contribution in [-0.4, -0.2) is 4.98 Å². The van der Waals surface area contributed by atoms with E-state index in [1.807, 2.05) is 41.5 Å². The Hall–Kier alpha value is -0.370. The van der Waals surface area contributed by atoms with E-state index in [0.717, 1.165) is 0 Å². The molecule has 0 bridgehead atoms. The first-order chi connectivity index (χ1) is 5.70. The Labute approximate surface area is 80.9 Å². The highest BCUT2D eigenvalue weighted by atomic mass is 32.1. The molecule has 12 heavy (non-hydrogen) atoms. The van der Waals surface area contributed by atoms with Gasteiger partial charge >= 0.3 is 0 Å². The molecule has 1 aromatic rings. The highest BCUT2D eigenvalue weighted by Crippen LogP contribution is 2.14. The quantitative estimate of drug-likeness (QED) is 0.595. The lowest BCUT2D eigenvalue weighted by atomic mass is 10.4. The topological polar surface area (TPSA) is 12.9 Å². The number of nitrogens with zero attached hydrogens (tertiary/aromatic N) is 1. The lowest BCUT2D eigenvalue weighted by Gasteiger charge is -1.77. The second kappa shape index (κ2) is 8.72. The Balaban J connectivity index is 0. The van der Waals surface area contributed by atoms with Crippen LogP contribution in [0.1, 0.15) is 43.3 Å². The molecule has 0 saturated carbocycles. The third kappa shape index (κ3) is 5.30. The second-order valence-corrected chi connectivity index (χ2v) is 3.28. The Morgan fingerprint density at radius 2 is 1.33 bits per heavy atom. The van der Waals surface area contributed by atoms with Gasteiger partial charge < -0.3 is 0 Å². The number of thiazole rings is 1. The van der Waals surface area contributed by atoms with Crippen molar-refractivity contribution in [2.45, 2.75) is 48.5 Å². The minimum atomic E-state index is 1.17. The number of hydrogen-bond donors (Lipinski definition) is 0. The van der Waals surface area contributed by atoms with Crippen LogP contribution in [0.25, 0.3) is 0 Å². The molecule has 1 heterocycles. The molecule has 0 radical (unpaired) electrons. The fourth-order valence-corrected chi connectivity index (χ4v) is 1.45. The molecule has 0 atom stereocenters. The summed E-state index contributed by atoms with van der Waals surface area (Å²) in [6.45, 7) is 14.2. The molecule has 0 aliphatic heterocycles. The molecular weight excluding hydrogens is 166 g/mol. The smallest absolute Gasteiger partial charge is 0.0899 e. The van der Waals surface area contributed by atoms with E-state index < -0.39 is 0 Å². The highest BCUT2D eigenvalue weighted by molar-refractivity contribution is 7.11. The van der Waals surface area contributed by atoms with E-state index in [4.69, 9.17) is 0 Å². The first kappa shape index (κ1) is 14.2. The van der Waals surface area contributed by atoms with Crippen molar-refractivity contribution < 1.29 is 0 Å². The number of rotatable bonds is 0. The third-order valence-electron chi connectivity index (χ3n) is 1.14. The van der Waals surface area contributed by atoms with Crippen molar-refractivity contribution in [1.29, 1.82) is 0 Å². The molecular formula is C10H21NS. The fraction of sp³-hybridized carbons (Fsp3) is 0.700. The predicted octanol–water partition coefficient (Wildman–Crippen LogP) is 4.12. The van der Waals surface area contributed by atoms with Crippen LogP contribution >= 0.6 is 11.3 Å². The number of aromatic nitrogens is 1. The molecule has 1 nitrogen and oxygen atoms in total. The van der Waals surface area contributed by atoms with Gasteiger partial charge in [-0.3, -0.25) is 0 Å². The monoisotopic (exact) mass is 187 g/mol. The summed E-state index contributed by atoms with van der Waals surface area (Å²) in [6.07, 6.45) is 0. The van der Waals surface area contributed by atoms with Crippen LogP contribution in [0.2, 0.25) is 0 Å². The summed E-state index contributed by atoms with van der Waals surface area (Å²) in [4.78, 5) is 5.56. The van der Waals surface area contributed by atoms with Gasteiger partial charge in [0, 0.05) is 4.88 Å². The summed E-state index contributed by atoms with van der Waals surface area (Å²) in [5, 5.41) is 1.17. The van der Waals surface area contributed by atoms with Gasteiger partial charge in [0.1, 0.15) is 0 Å². The van der Waals surface area contributed by atoms with Gasteiger partial charge in [0.05, 0.1) is 10.7 Å². The summed E-state index contributed by atoms with van der Waals surface area (Å²) in [6, 6.07) is 0. The zero-order valence-corrected chi connectivity index (χ0v) is 10.2. The van der Waals surface area contributed by atoms with Crippen LogP contribution in [0.15, 0.2) is 0 Å². The normalized spacial score (nSPS) is 7.58. The zero-order valence-electron chi connectivity index (χ0n) is 9.36. The first-order valence-electron chi connectivity index (χ1n) is 4.61. The largest absolute Gasteiger partial charge is 0.247 e. The standard InChI is InChI=1S/C6H9NS.2C2H6/c1-4-5(2)8-6(3)7-4;2*1-2/h1-3H3;2*1-2H3. The van der Waals surface area contributed by atoms with Gasteiger partial charge in [-0.1, -0.05) is 27.7 Å². The van der Waals surface area contributed by atoms with Crippen molar-refractivity contribution in [2.24, 2.45) is 0 Å². The van der Waals surface area contributed by atoms with Crippen LogP contribution in [0.3, 0.4) is 0 Å². The molecule has 0 fully saturated rings. The minimum absolute atomic E-state index is 1.17. The van der Waals surface area contributed by atoms with Gasteiger partial charge in [0.2, 0.25) is 0 Å². The summed E-state index contributed by atoms with van der Waals surface area (Å²) < 4.78 is 0. The van der Waals surface area contributed by atoms with E-state index in [1.165, 1.54) is 15.6 Å². The molecule has 0 spiro atoms. The minimum Gasteiger partial charge on any atom is -0.247 e. The third-order valence-corrected chi connectivity index (χ3v) is 2.12. The molecule has 1 aromatic heterocycles. The van der Waals surface area contributed by atoms with Crippen LogP contribution in [0.4, 0.5) is 0 Å². The van der Waals surface area contributed by atoms with Gasteiger partial charge in [-0.2, -0.15) is 0 Å². The van der Waals surface area contributed by atoms with Gasteiger partial charge in [-0.15, -0.1) is 11.3 Å². The van der Waals surface area contributed by atoms with Crippen LogP contribution < -0.4 is 0 Å². The molecule has 1 rings (SSSR count). The van der Waals surface area contributed by atoms with E-state index in [0.29, 0.717) is 0 Å². The van der Waals surface area contributed by atoms with E-state index in [2.05, 4.69) is 11.9 Å². The van der Waals surface area contributed by atoms with E-state index in [-0.39, 0.29) is 0 Å². The van der Waals surface area contributed by atoms with Crippen molar-refractivity contribution in [1.82, 2.24) is 4.98 Å². The molecule has 72 valence electrons. The summed E-state index contributed by atoms with van der Waals surface area (Å²) in [5.41, 5.74) is 1.17. The van der Waals surface area contributed by atoms with Crippen molar-refractivity contribution in [3.63, 3.8) is 0 Å². The van der Waals surface area contributed by atoms with Crippen LogP contribution in [0.5, 0.6) is 0 Å².